The second-order valence-electron chi connectivity index (χ2n) is 5.56. The highest BCUT2D eigenvalue weighted by Crippen LogP contribution is 2.20. The summed E-state index contributed by atoms with van der Waals surface area (Å²) in [5.74, 6) is 1.57. The van der Waals surface area contributed by atoms with Gasteiger partial charge in [0, 0.05) is 17.8 Å². The molecule has 1 heterocycles. The molecule has 1 aromatic heterocycles. The summed E-state index contributed by atoms with van der Waals surface area (Å²) in [6.45, 7) is 4.19. The van der Waals surface area contributed by atoms with Gasteiger partial charge in [-0.25, -0.2) is 9.97 Å². The predicted molar refractivity (Wildman–Crippen MR) is 95.0 cm³/mol. The minimum Gasteiger partial charge on any atom is -0.363 e. The fraction of sp³-hybridized carbons (Fsp3) is 0.158. The molecule has 1 unspecified atom stereocenters. The van der Waals surface area contributed by atoms with E-state index in [0.717, 1.165) is 17.3 Å². The van der Waals surface area contributed by atoms with Crippen molar-refractivity contribution in [3.63, 3.8) is 0 Å². The Kier molecular flexibility index (Phi) is 4.52. The van der Waals surface area contributed by atoms with Crippen LogP contribution in [0.1, 0.15) is 24.1 Å². The Morgan fingerprint density at radius 3 is 2.30 bits per heavy atom. The molecule has 0 saturated heterocycles. The van der Waals surface area contributed by atoms with E-state index in [2.05, 4.69) is 58.7 Å². The van der Waals surface area contributed by atoms with Gasteiger partial charge in [-0.05, 0) is 31.5 Å². The monoisotopic (exact) mass is 304 g/mol. The number of hydrogen-bond acceptors (Lipinski definition) is 4. The van der Waals surface area contributed by atoms with E-state index < -0.39 is 0 Å². The van der Waals surface area contributed by atoms with Crippen molar-refractivity contribution in [2.45, 2.75) is 19.9 Å². The predicted octanol–water partition coefficient (Wildman–Crippen LogP) is 4.70. The quantitative estimate of drug-likeness (QED) is 0.717. The highest BCUT2D eigenvalue weighted by Gasteiger charge is 2.06. The van der Waals surface area contributed by atoms with E-state index in [0.29, 0.717) is 0 Å². The first-order chi connectivity index (χ1) is 11.2. The number of hydrogen-bond donors (Lipinski definition) is 2. The summed E-state index contributed by atoms with van der Waals surface area (Å²) in [7, 11) is 0. The van der Waals surface area contributed by atoms with Crippen LogP contribution in [0.2, 0.25) is 0 Å². The van der Waals surface area contributed by atoms with E-state index in [9.17, 15) is 0 Å². The zero-order valence-corrected chi connectivity index (χ0v) is 13.3. The van der Waals surface area contributed by atoms with Crippen LogP contribution in [-0.4, -0.2) is 9.97 Å². The van der Waals surface area contributed by atoms with Gasteiger partial charge in [-0.1, -0.05) is 48.0 Å². The third-order valence-corrected chi connectivity index (χ3v) is 3.66. The van der Waals surface area contributed by atoms with E-state index in [4.69, 9.17) is 0 Å². The first-order valence-corrected chi connectivity index (χ1v) is 7.68. The zero-order chi connectivity index (χ0) is 16.1. The van der Waals surface area contributed by atoms with Crippen LogP contribution in [0.25, 0.3) is 0 Å². The Hall–Kier alpha value is -2.88. The number of nitrogens with zero attached hydrogens (tertiary/aromatic N) is 2. The van der Waals surface area contributed by atoms with Crippen molar-refractivity contribution in [1.29, 1.82) is 0 Å². The van der Waals surface area contributed by atoms with Crippen molar-refractivity contribution in [3.05, 3.63) is 78.1 Å². The zero-order valence-electron chi connectivity index (χ0n) is 13.3. The summed E-state index contributed by atoms with van der Waals surface area (Å²) < 4.78 is 0. The largest absolute Gasteiger partial charge is 0.363 e. The second kappa shape index (κ2) is 6.92. The molecule has 0 spiro atoms. The van der Waals surface area contributed by atoms with Crippen LogP contribution < -0.4 is 10.6 Å². The maximum Gasteiger partial charge on any atom is 0.135 e. The molecule has 0 aliphatic carbocycles. The molecule has 3 rings (SSSR count). The molecule has 0 amide bonds. The molecule has 0 aliphatic rings. The number of benzene rings is 2. The molecule has 3 aromatic rings. The average molecular weight is 304 g/mol. The lowest BCUT2D eigenvalue weighted by molar-refractivity contribution is 0.872. The number of aromatic nitrogens is 2. The van der Waals surface area contributed by atoms with Crippen LogP contribution in [-0.2, 0) is 0 Å². The van der Waals surface area contributed by atoms with Gasteiger partial charge in [0.15, 0.2) is 0 Å². The molecular formula is C19H20N4. The number of anilines is 3. The van der Waals surface area contributed by atoms with Crippen molar-refractivity contribution < 1.29 is 0 Å². The maximum atomic E-state index is 4.30. The third kappa shape index (κ3) is 4.07. The molecule has 0 aliphatic heterocycles. The maximum absolute atomic E-state index is 4.30. The summed E-state index contributed by atoms with van der Waals surface area (Å²) >= 11 is 0. The number of aryl methyl sites for hydroxylation is 1. The van der Waals surface area contributed by atoms with Gasteiger partial charge in [0.05, 0.1) is 0 Å². The number of rotatable bonds is 5. The van der Waals surface area contributed by atoms with Crippen LogP contribution in [0.3, 0.4) is 0 Å². The van der Waals surface area contributed by atoms with Crippen molar-refractivity contribution in [1.82, 2.24) is 9.97 Å². The average Bonchev–Trinajstić information content (AvgIpc) is 2.58. The molecule has 0 saturated carbocycles. The standard InChI is InChI=1S/C19H20N4/c1-14-8-10-17(11-9-14)23-19-12-18(20-13-21-19)22-15(2)16-6-4-3-5-7-16/h3-13,15H,1-2H3,(H2,20,21,22,23). The topological polar surface area (TPSA) is 49.8 Å². The van der Waals surface area contributed by atoms with Gasteiger partial charge in [-0.2, -0.15) is 0 Å². The van der Waals surface area contributed by atoms with Crippen LogP contribution in [0.4, 0.5) is 17.3 Å². The fourth-order valence-electron chi connectivity index (χ4n) is 2.34. The lowest BCUT2D eigenvalue weighted by atomic mass is 10.1. The van der Waals surface area contributed by atoms with E-state index in [1.165, 1.54) is 11.1 Å². The minimum absolute atomic E-state index is 0.179. The first kappa shape index (κ1) is 15.0. The summed E-state index contributed by atoms with van der Waals surface area (Å²) in [5, 5.41) is 6.70. The Morgan fingerprint density at radius 2 is 1.57 bits per heavy atom. The summed E-state index contributed by atoms with van der Waals surface area (Å²) in [6, 6.07) is 20.6. The normalized spacial score (nSPS) is 11.7. The second-order valence-corrected chi connectivity index (χ2v) is 5.56. The molecule has 1 atom stereocenters. The van der Waals surface area contributed by atoms with E-state index >= 15 is 0 Å². The van der Waals surface area contributed by atoms with Gasteiger partial charge in [0.1, 0.15) is 18.0 Å². The molecule has 2 aromatic carbocycles. The van der Waals surface area contributed by atoms with E-state index in [-0.39, 0.29) is 6.04 Å². The lowest BCUT2D eigenvalue weighted by Crippen LogP contribution is -2.08. The van der Waals surface area contributed by atoms with E-state index in [1.807, 2.05) is 36.4 Å². The van der Waals surface area contributed by atoms with Gasteiger partial charge >= 0.3 is 0 Å². The van der Waals surface area contributed by atoms with Gasteiger partial charge in [0.2, 0.25) is 0 Å². The smallest absolute Gasteiger partial charge is 0.135 e. The van der Waals surface area contributed by atoms with Gasteiger partial charge in [0.25, 0.3) is 0 Å². The van der Waals surface area contributed by atoms with Gasteiger partial charge < -0.3 is 10.6 Å². The lowest BCUT2D eigenvalue weighted by Gasteiger charge is -2.15. The molecule has 116 valence electrons. The molecule has 4 nitrogen and oxygen atoms in total. The highest BCUT2D eigenvalue weighted by atomic mass is 15.1. The SMILES string of the molecule is Cc1ccc(Nc2cc(NC(C)c3ccccc3)ncn2)cc1. The van der Waals surface area contributed by atoms with Crippen molar-refractivity contribution in [2.24, 2.45) is 0 Å². The van der Waals surface area contributed by atoms with Gasteiger partial charge in [-0.3, -0.25) is 0 Å². The Morgan fingerprint density at radius 1 is 0.870 bits per heavy atom. The van der Waals surface area contributed by atoms with Crippen LogP contribution >= 0.6 is 0 Å². The highest BCUT2D eigenvalue weighted by molar-refractivity contribution is 5.59. The van der Waals surface area contributed by atoms with Crippen LogP contribution in [0.15, 0.2) is 67.0 Å². The molecule has 4 heteroatoms. The number of nitrogens with one attached hydrogen (secondary N) is 2. The van der Waals surface area contributed by atoms with Crippen molar-refractivity contribution in [2.75, 3.05) is 10.6 Å². The van der Waals surface area contributed by atoms with Crippen LogP contribution in [0, 0.1) is 6.92 Å². The Labute approximate surface area is 136 Å². The molecular weight excluding hydrogens is 284 g/mol. The summed E-state index contributed by atoms with van der Waals surface area (Å²) in [5.41, 5.74) is 3.47. The van der Waals surface area contributed by atoms with Gasteiger partial charge in [-0.15, -0.1) is 0 Å². The fourth-order valence-corrected chi connectivity index (χ4v) is 2.34. The molecule has 0 radical (unpaired) electrons. The van der Waals surface area contributed by atoms with Crippen molar-refractivity contribution >= 4 is 17.3 Å². The molecule has 0 fully saturated rings. The Bertz CT molecular complexity index is 754. The molecule has 2 N–H and O–H groups in total. The van der Waals surface area contributed by atoms with E-state index in [1.54, 1.807) is 6.33 Å². The van der Waals surface area contributed by atoms with Crippen LogP contribution in [0.5, 0.6) is 0 Å². The summed E-state index contributed by atoms with van der Waals surface area (Å²) in [4.78, 5) is 8.57. The molecule has 0 bridgehead atoms. The third-order valence-electron chi connectivity index (χ3n) is 3.66. The van der Waals surface area contributed by atoms with Crippen molar-refractivity contribution in [3.8, 4) is 0 Å². The molecule has 23 heavy (non-hydrogen) atoms. The summed E-state index contributed by atoms with van der Waals surface area (Å²) in [6.07, 6.45) is 1.57. The first-order valence-electron chi connectivity index (χ1n) is 7.68. The Balaban J connectivity index is 1.71. The minimum atomic E-state index is 0.179.